The Bertz CT molecular complexity index is 2170. The molecule has 1 aliphatic heterocycles. The van der Waals surface area contributed by atoms with Crippen LogP contribution in [0, 0.1) is 5.92 Å². The topological polar surface area (TPSA) is 192 Å². The fraction of sp³-hybridized carbons (Fsp3) is 0.357. The number of piperidine rings is 1. The Morgan fingerprint density at radius 3 is 1.97 bits per heavy atom. The summed E-state index contributed by atoms with van der Waals surface area (Å²) < 4.78 is 29.0. The molecule has 2 N–H and O–H groups in total. The van der Waals surface area contributed by atoms with E-state index in [1.54, 1.807) is 43.3 Å². The van der Waals surface area contributed by atoms with Gasteiger partial charge in [0.15, 0.2) is 0 Å². The second kappa shape index (κ2) is 22.5. The minimum absolute atomic E-state index is 0. The number of carbonyl (C=O) groups is 4. The number of hydrogen-bond donors (Lipinski definition) is 2. The summed E-state index contributed by atoms with van der Waals surface area (Å²) in [5, 5.41) is 28.1. The largest absolute Gasteiger partial charge is 1.00 e. The summed E-state index contributed by atoms with van der Waals surface area (Å²) in [5.74, 6) is -4.03. The number of aliphatic carboxylic acids is 1. The monoisotopic (exact) mass is 857 g/mol. The van der Waals surface area contributed by atoms with Gasteiger partial charge in [-0.15, -0.1) is 0 Å². The van der Waals surface area contributed by atoms with Crippen LogP contribution >= 0.6 is 0 Å². The number of carboxylic acid groups (broad SMARTS) is 2. The zero-order valence-corrected chi connectivity index (χ0v) is 40.3. The van der Waals surface area contributed by atoms with Gasteiger partial charge in [0.25, 0.3) is 11.8 Å². The molecule has 1 saturated carbocycles. The molecule has 0 spiro atoms. The van der Waals surface area contributed by atoms with Crippen molar-refractivity contribution in [3.05, 3.63) is 113 Å². The molecule has 13 nitrogen and oxygen atoms in total. The van der Waals surface area contributed by atoms with Gasteiger partial charge in [-0.2, -0.15) is 4.31 Å². The van der Waals surface area contributed by atoms with Gasteiger partial charge in [0.1, 0.15) is 4.90 Å². The number of carboxylic acids is 2. The van der Waals surface area contributed by atoms with E-state index in [1.165, 1.54) is 34.9 Å². The number of anilines is 3. The predicted octanol–water partition coefficient (Wildman–Crippen LogP) is -1.95. The number of aryl methyl sites for hydroxylation is 2. The Labute approximate surface area is 424 Å². The Hall–Kier alpha value is -2.33. The molecule has 16 heteroatoms. The molecular formula is C42H45K2N5O8S. The molecule has 3 aromatic carbocycles. The Morgan fingerprint density at radius 1 is 0.759 bits per heavy atom. The molecule has 2 fully saturated rings. The summed E-state index contributed by atoms with van der Waals surface area (Å²) in [6.45, 7) is 3.56. The van der Waals surface area contributed by atoms with Crippen molar-refractivity contribution in [3.8, 4) is 0 Å². The summed E-state index contributed by atoms with van der Waals surface area (Å²) in [7, 11) is -4.08. The van der Waals surface area contributed by atoms with Gasteiger partial charge in [0, 0.05) is 55.4 Å². The number of nitrogens with zero attached hydrogens (tertiary/aromatic N) is 3. The van der Waals surface area contributed by atoms with Crippen molar-refractivity contribution >= 4 is 50.8 Å². The molecule has 58 heavy (non-hydrogen) atoms. The SMILES string of the molecule is CCN(C1CCC(C(=O)[O-])CC1)S(=O)(=O)c1cncc(C(=O)Nc2ccc(N3CCCCC3)cc2C(=O)Nc2ccc(CCc3ccc(C(=O)[O-])cc3)cc2)c1.[K+].[K+]. The van der Waals surface area contributed by atoms with E-state index in [2.05, 4.69) is 20.5 Å². The van der Waals surface area contributed by atoms with Gasteiger partial charge in [-0.05, 0) is 117 Å². The van der Waals surface area contributed by atoms with Crippen LogP contribution in [-0.2, 0) is 27.7 Å². The first kappa shape index (κ1) is 48.3. The van der Waals surface area contributed by atoms with Crippen molar-refractivity contribution in [2.24, 2.45) is 5.92 Å². The number of amides is 2. The van der Waals surface area contributed by atoms with E-state index in [0.717, 1.165) is 49.2 Å². The van der Waals surface area contributed by atoms with Crippen LogP contribution in [0.5, 0.6) is 0 Å². The standard InChI is InChI=1S/C42H47N5O8S.2K/c1-2-47(34-18-14-31(15-19-34)42(52)53)56(54,55)36-24-32(26-43-27-36)39(48)45-38-21-20-35(46-22-4-3-5-23-46)25-37(38)40(49)44-33-16-10-29(11-17-33)7-6-28-8-12-30(13-9-28)41(50)51;;/h8-13,16-17,20-21,24-27,31,34H,2-7,14-15,18-19,22-23H2,1H3,(H,44,49)(H,45,48)(H,50,51)(H,52,53);;/q;2*+1/p-2. The van der Waals surface area contributed by atoms with E-state index in [0.29, 0.717) is 44.2 Å². The van der Waals surface area contributed by atoms with Crippen LogP contribution in [-0.4, -0.2) is 67.1 Å². The van der Waals surface area contributed by atoms with E-state index >= 15 is 0 Å². The fourth-order valence-corrected chi connectivity index (χ4v) is 9.15. The molecule has 1 aromatic heterocycles. The quantitative estimate of drug-likeness (QED) is 0.135. The van der Waals surface area contributed by atoms with E-state index in [9.17, 15) is 37.8 Å². The minimum atomic E-state index is -4.08. The molecule has 294 valence electrons. The molecule has 0 unspecified atom stereocenters. The molecule has 4 aromatic rings. The number of benzene rings is 3. The van der Waals surface area contributed by atoms with Crippen LogP contribution < -0.4 is 129 Å². The van der Waals surface area contributed by atoms with E-state index in [4.69, 9.17) is 0 Å². The predicted molar refractivity (Wildman–Crippen MR) is 208 cm³/mol. The molecule has 2 heterocycles. The number of carbonyl (C=O) groups excluding carboxylic acids is 4. The third kappa shape index (κ3) is 12.4. The Kier molecular flexibility index (Phi) is 18.7. The van der Waals surface area contributed by atoms with Crippen LogP contribution in [0.2, 0.25) is 0 Å². The molecule has 0 bridgehead atoms. The Balaban J connectivity index is 0.00000372. The molecule has 0 atom stereocenters. The number of aromatic nitrogens is 1. The van der Waals surface area contributed by atoms with Crippen molar-refractivity contribution < 1.29 is 141 Å². The van der Waals surface area contributed by atoms with Crippen LogP contribution in [0.3, 0.4) is 0 Å². The first-order chi connectivity index (χ1) is 26.9. The number of rotatable bonds is 14. The second-order valence-electron chi connectivity index (χ2n) is 14.3. The minimum Gasteiger partial charge on any atom is -0.550 e. The molecule has 6 rings (SSSR count). The average molecular weight is 858 g/mol. The van der Waals surface area contributed by atoms with Gasteiger partial charge in [0.2, 0.25) is 10.0 Å². The maximum Gasteiger partial charge on any atom is 1.00 e. The van der Waals surface area contributed by atoms with Gasteiger partial charge in [-0.25, -0.2) is 8.42 Å². The van der Waals surface area contributed by atoms with Crippen LogP contribution in [0.25, 0.3) is 0 Å². The summed E-state index contributed by atoms with van der Waals surface area (Å²) in [5.41, 5.74) is 3.98. The number of nitrogens with one attached hydrogen (secondary N) is 2. The maximum absolute atomic E-state index is 13.9. The first-order valence-corrected chi connectivity index (χ1v) is 20.5. The average Bonchev–Trinajstić information content (AvgIpc) is 3.21. The number of pyridine rings is 1. The van der Waals surface area contributed by atoms with Gasteiger partial charge >= 0.3 is 103 Å². The molecule has 2 aliphatic rings. The van der Waals surface area contributed by atoms with Crippen molar-refractivity contribution in [3.63, 3.8) is 0 Å². The van der Waals surface area contributed by atoms with Crippen LogP contribution in [0.15, 0.2) is 90.1 Å². The summed E-state index contributed by atoms with van der Waals surface area (Å²) in [4.78, 5) is 56.1. The molecule has 2 amide bonds. The molecular weight excluding hydrogens is 813 g/mol. The van der Waals surface area contributed by atoms with Crippen LogP contribution in [0.4, 0.5) is 17.1 Å². The number of hydrogen-bond acceptors (Lipinski definition) is 10. The fourth-order valence-electron chi connectivity index (χ4n) is 7.47. The third-order valence-electron chi connectivity index (χ3n) is 10.7. The van der Waals surface area contributed by atoms with Gasteiger partial charge in [-0.1, -0.05) is 43.3 Å². The Morgan fingerprint density at radius 2 is 1.38 bits per heavy atom. The molecule has 1 aliphatic carbocycles. The smallest absolute Gasteiger partial charge is 0.550 e. The zero-order chi connectivity index (χ0) is 39.8. The van der Waals surface area contributed by atoms with E-state index < -0.39 is 45.7 Å². The van der Waals surface area contributed by atoms with Crippen molar-refractivity contribution in [1.82, 2.24) is 9.29 Å². The number of sulfonamides is 1. The van der Waals surface area contributed by atoms with Crippen molar-refractivity contribution in [1.29, 1.82) is 0 Å². The normalized spacial score (nSPS) is 16.7. The van der Waals surface area contributed by atoms with Gasteiger partial charge in [0.05, 0.1) is 22.8 Å². The van der Waals surface area contributed by atoms with Crippen molar-refractivity contribution in [2.45, 2.75) is 75.6 Å². The molecule has 0 radical (unpaired) electrons. The van der Waals surface area contributed by atoms with Crippen LogP contribution in [0.1, 0.15) is 94.1 Å². The van der Waals surface area contributed by atoms with Gasteiger partial charge < -0.3 is 35.3 Å². The summed E-state index contributed by atoms with van der Waals surface area (Å²) in [6, 6.07) is 20.1. The maximum atomic E-state index is 13.9. The first-order valence-electron chi connectivity index (χ1n) is 19.0. The van der Waals surface area contributed by atoms with Gasteiger partial charge in [-0.3, -0.25) is 14.6 Å². The van der Waals surface area contributed by atoms with E-state index in [-0.39, 0.29) is 137 Å². The zero-order valence-electron chi connectivity index (χ0n) is 33.2. The van der Waals surface area contributed by atoms with Crippen molar-refractivity contribution in [2.75, 3.05) is 35.2 Å². The third-order valence-corrected chi connectivity index (χ3v) is 12.6. The summed E-state index contributed by atoms with van der Waals surface area (Å²) in [6.07, 6.45) is 8.45. The number of aromatic carboxylic acids is 1. The van der Waals surface area contributed by atoms with E-state index in [1.807, 2.05) is 18.2 Å². The summed E-state index contributed by atoms with van der Waals surface area (Å²) >= 11 is 0. The second-order valence-corrected chi connectivity index (χ2v) is 16.2. The molecule has 1 saturated heterocycles.